The van der Waals surface area contributed by atoms with Crippen LogP contribution in [0.5, 0.6) is 5.75 Å². The van der Waals surface area contributed by atoms with Crippen LogP contribution in [0.3, 0.4) is 0 Å². The fourth-order valence-electron chi connectivity index (χ4n) is 3.58. The van der Waals surface area contributed by atoms with E-state index in [9.17, 15) is 14.4 Å². The molecule has 2 rings (SSSR count). The van der Waals surface area contributed by atoms with Crippen molar-refractivity contribution in [2.45, 2.75) is 65.3 Å². The Bertz CT molecular complexity index is 727. The third-order valence-electron chi connectivity index (χ3n) is 5.87. The van der Waals surface area contributed by atoms with E-state index >= 15 is 0 Å². The Morgan fingerprint density at radius 1 is 1.00 bits per heavy atom. The zero-order valence-electron chi connectivity index (χ0n) is 19.9. The number of Topliss-reactive ketones (excluding diaryl/α,β-unsaturated/α-hetero) is 1. The van der Waals surface area contributed by atoms with Crippen molar-refractivity contribution in [1.29, 1.82) is 0 Å². The van der Waals surface area contributed by atoms with Gasteiger partial charge in [0.15, 0.2) is 5.78 Å². The number of rotatable bonds is 13. The van der Waals surface area contributed by atoms with Crippen LogP contribution in [0, 0.1) is 0 Å². The van der Waals surface area contributed by atoms with Crippen molar-refractivity contribution in [2.24, 2.45) is 0 Å². The first-order valence-electron chi connectivity index (χ1n) is 12.0. The summed E-state index contributed by atoms with van der Waals surface area (Å²) >= 11 is 0. The van der Waals surface area contributed by atoms with Gasteiger partial charge in [0.25, 0.3) is 0 Å². The number of amides is 2. The molecule has 1 atom stereocenters. The SMILES string of the molecule is CCCCCOc1ccc(C(=O)CCC(=O)N2CCN(CC(=O)NC(C)CC)CC2)cc1. The number of hydrogen-bond donors (Lipinski definition) is 1. The first kappa shape index (κ1) is 25.8. The van der Waals surface area contributed by atoms with Gasteiger partial charge in [-0.25, -0.2) is 0 Å². The van der Waals surface area contributed by atoms with Crippen LogP contribution in [0.2, 0.25) is 0 Å². The van der Waals surface area contributed by atoms with E-state index in [1.807, 2.05) is 26.0 Å². The summed E-state index contributed by atoms with van der Waals surface area (Å²) in [5.41, 5.74) is 0.607. The zero-order valence-corrected chi connectivity index (χ0v) is 19.9. The molecule has 1 unspecified atom stereocenters. The zero-order chi connectivity index (χ0) is 23.3. The van der Waals surface area contributed by atoms with Crippen LogP contribution in [0.1, 0.15) is 69.7 Å². The molecule has 2 amide bonds. The summed E-state index contributed by atoms with van der Waals surface area (Å²) in [7, 11) is 0. The number of piperazine rings is 1. The number of unbranched alkanes of at least 4 members (excludes halogenated alkanes) is 2. The lowest BCUT2D eigenvalue weighted by atomic mass is 10.1. The molecule has 7 heteroatoms. The lowest BCUT2D eigenvalue weighted by molar-refractivity contribution is -0.133. The second kappa shape index (κ2) is 13.9. The molecule has 1 N–H and O–H groups in total. The highest BCUT2D eigenvalue weighted by Crippen LogP contribution is 2.15. The van der Waals surface area contributed by atoms with Crippen LogP contribution < -0.4 is 10.1 Å². The number of benzene rings is 1. The molecule has 0 aromatic heterocycles. The minimum Gasteiger partial charge on any atom is -0.494 e. The monoisotopic (exact) mass is 445 g/mol. The van der Waals surface area contributed by atoms with Crippen LogP contribution in [0.4, 0.5) is 0 Å². The topological polar surface area (TPSA) is 79.0 Å². The van der Waals surface area contributed by atoms with Gasteiger partial charge in [0, 0.05) is 50.6 Å². The molecule has 1 aliphatic heterocycles. The molecule has 1 saturated heterocycles. The van der Waals surface area contributed by atoms with Crippen LogP contribution in [0.15, 0.2) is 24.3 Å². The number of nitrogens with zero attached hydrogens (tertiary/aromatic N) is 2. The molecule has 0 aliphatic carbocycles. The molecule has 1 aliphatic rings. The van der Waals surface area contributed by atoms with E-state index in [0.717, 1.165) is 31.4 Å². The first-order chi connectivity index (χ1) is 15.4. The molecule has 1 heterocycles. The number of ketones is 1. The standard InChI is InChI=1S/C25H39N3O4/c1-4-6-7-18-32-22-10-8-21(9-11-22)23(29)12-13-25(31)28-16-14-27(15-17-28)19-24(30)26-20(3)5-2/h8-11,20H,4-7,12-19H2,1-3H3,(H,26,30). The molecule has 0 spiro atoms. The van der Waals surface area contributed by atoms with Crippen molar-refractivity contribution in [3.63, 3.8) is 0 Å². The number of carbonyl (C=O) groups excluding carboxylic acids is 3. The summed E-state index contributed by atoms with van der Waals surface area (Å²) in [5, 5.41) is 2.97. The molecule has 1 aromatic carbocycles. The van der Waals surface area contributed by atoms with Crippen molar-refractivity contribution in [1.82, 2.24) is 15.1 Å². The fraction of sp³-hybridized carbons (Fsp3) is 0.640. The van der Waals surface area contributed by atoms with Crippen molar-refractivity contribution in [3.8, 4) is 5.75 Å². The van der Waals surface area contributed by atoms with Gasteiger partial charge in [-0.1, -0.05) is 26.7 Å². The van der Waals surface area contributed by atoms with Gasteiger partial charge < -0.3 is 15.0 Å². The lowest BCUT2D eigenvalue weighted by Gasteiger charge is -2.34. The number of nitrogens with one attached hydrogen (secondary N) is 1. The minimum absolute atomic E-state index is 0.00191. The van der Waals surface area contributed by atoms with Crippen LogP contribution in [-0.4, -0.2) is 72.8 Å². The summed E-state index contributed by atoms with van der Waals surface area (Å²) < 4.78 is 5.68. The summed E-state index contributed by atoms with van der Waals surface area (Å²) in [6.45, 7) is 9.77. The highest BCUT2D eigenvalue weighted by molar-refractivity contribution is 5.98. The lowest BCUT2D eigenvalue weighted by Crippen LogP contribution is -2.51. The average Bonchev–Trinajstić information content (AvgIpc) is 2.80. The second-order valence-electron chi connectivity index (χ2n) is 8.54. The van der Waals surface area contributed by atoms with Gasteiger partial charge in [-0.15, -0.1) is 0 Å². The van der Waals surface area contributed by atoms with E-state index in [4.69, 9.17) is 4.74 Å². The molecule has 0 saturated carbocycles. The predicted molar refractivity (Wildman–Crippen MR) is 126 cm³/mol. The summed E-state index contributed by atoms with van der Waals surface area (Å²) in [4.78, 5) is 40.9. The Hall–Kier alpha value is -2.41. The van der Waals surface area contributed by atoms with E-state index < -0.39 is 0 Å². The van der Waals surface area contributed by atoms with Gasteiger partial charge in [0.1, 0.15) is 5.75 Å². The van der Waals surface area contributed by atoms with Gasteiger partial charge in [0.2, 0.25) is 11.8 Å². The van der Waals surface area contributed by atoms with Crippen LogP contribution >= 0.6 is 0 Å². The molecule has 1 fully saturated rings. The van der Waals surface area contributed by atoms with Gasteiger partial charge >= 0.3 is 0 Å². The van der Waals surface area contributed by atoms with E-state index in [1.54, 1.807) is 17.0 Å². The third kappa shape index (κ3) is 8.99. The van der Waals surface area contributed by atoms with Crippen LogP contribution in [0.25, 0.3) is 0 Å². The smallest absolute Gasteiger partial charge is 0.234 e. The number of ether oxygens (including phenoxy) is 1. The average molecular weight is 446 g/mol. The Kier molecular flexibility index (Phi) is 11.2. The Morgan fingerprint density at radius 3 is 2.31 bits per heavy atom. The number of carbonyl (C=O) groups is 3. The Labute approximate surface area is 192 Å². The second-order valence-corrected chi connectivity index (χ2v) is 8.54. The van der Waals surface area contributed by atoms with Crippen molar-refractivity contribution in [2.75, 3.05) is 39.3 Å². The highest BCUT2D eigenvalue weighted by atomic mass is 16.5. The molecule has 0 bridgehead atoms. The fourth-order valence-corrected chi connectivity index (χ4v) is 3.58. The summed E-state index contributed by atoms with van der Waals surface area (Å²) in [6.07, 6.45) is 4.64. The Balaban J connectivity index is 1.68. The maximum absolute atomic E-state index is 12.5. The van der Waals surface area contributed by atoms with Crippen LogP contribution in [-0.2, 0) is 9.59 Å². The molecule has 7 nitrogen and oxygen atoms in total. The highest BCUT2D eigenvalue weighted by Gasteiger charge is 2.23. The van der Waals surface area contributed by atoms with Crippen molar-refractivity contribution in [3.05, 3.63) is 29.8 Å². The van der Waals surface area contributed by atoms with E-state index in [-0.39, 0.29) is 36.5 Å². The Morgan fingerprint density at radius 2 is 1.69 bits per heavy atom. The quantitative estimate of drug-likeness (QED) is 0.372. The minimum atomic E-state index is -0.0313. The van der Waals surface area contributed by atoms with Gasteiger partial charge in [0.05, 0.1) is 13.2 Å². The predicted octanol–water partition coefficient (Wildman–Crippen LogP) is 3.28. The maximum Gasteiger partial charge on any atom is 0.234 e. The first-order valence-corrected chi connectivity index (χ1v) is 12.0. The molecule has 1 aromatic rings. The molecule has 32 heavy (non-hydrogen) atoms. The van der Waals surface area contributed by atoms with Gasteiger partial charge in [-0.3, -0.25) is 19.3 Å². The van der Waals surface area contributed by atoms with Crippen molar-refractivity contribution < 1.29 is 19.1 Å². The van der Waals surface area contributed by atoms with Crippen molar-refractivity contribution >= 4 is 17.6 Å². The molecule has 178 valence electrons. The third-order valence-corrected chi connectivity index (χ3v) is 5.87. The summed E-state index contributed by atoms with van der Waals surface area (Å²) in [5.74, 6) is 0.765. The molecular weight excluding hydrogens is 406 g/mol. The normalized spacial score (nSPS) is 15.3. The van der Waals surface area contributed by atoms with E-state index in [1.165, 1.54) is 0 Å². The molecular formula is C25H39N3O4. The van der Waals surface area contributed by atoms with E-state index in [0.29, 0.717) is 44.9 Å². The van der Waals surface area contributed by atoms with E-state index in [2.05, 4.69) is 17.1 Å². The molecule has 0 radical (unpaired) electrons. The van der Waals surface area contributed by atoms with Gasteiger partial charge in [-0.2, -0.15) is 0 Å². The number of hydrogen-bond acceptors (Lipinski definition) is 5. The summed E-state index contributed by atoms with van der Waals surface area (Å²) in [6, 6.07) is 7.35. The largest absolute Gasteiger partial charge is 0.494 e. The van der Waals surface area contributed by atoms with Gasteiger partial charge in [-0.05, 0) is 44.0 Å². The maximum atomic E-state index is 12.5.